The van der Waals surface area contributed by atoms with Crippen molar-refractivity contribution in [1.82, 2.24) is 4.40 Å². The number of aliphatic hydroxyl groups is 1. The molecule has 0 aliphatic carbocycles. The van der Waals surface area contributed by atoms with Crippen molar-refractivity contribution in [1.29, 1.82) is 0 Å². The molecule has 0 saturated carbocycles. The Morgan fingerprint density at radius 2 is 2.08 bits per heavy atom. The summed E-state index contributed by atoms with van der Waals surface area (Å²) in [5.74, 6) is 0. The minimum Gasteiger partial charge on any atom is -0.392 e. The molecule has 0 aliphatic rings. The number of hydrogen-bond acceptors (Lipinski definition) is 1. The van der Waals surface area contributed by atoms with Gasteiger partial charge in [0.2, 0.25) is 0 Å². The molecule has 0 radical (unpaired) electrons. The molecule has 1 N–H and O–H groups in total. The number of nitrogens with zero attached hydrogens (tertiary/aromatic N) is 1. The average molecular weight is 226 g/mol. The number of aromatic nitrogens is 1. The van der Waals surface area contributed by atoms with E-state index in [4.69, 9.17) is 5.11 Å². The molecule has 0 atom stereocenters. The molecule has 0 saturated heterocycles. The SMILES string of the molecule is OCc1ccn2ccc(Br)c2c1. The van der Waals surface area contributed by atoms with E-state index in [9.17, 15) is 0 Å². The second-order valence-electron chi connectivity index (χ2n) is 2.65. The first-order chi connectivity index (χ1) is 5.81. The van der Waals surface area contributed by atoms with Crippen LogP contribution < -0.4 is 0 Å². The Hall–Kier alpha value is -0.800. The molecule has 0 bridgehead atoms. The Balaban J connectivity index is 2.71. The summed E-state index contributed by atoms with van der Waals surface area (Å²) in [6.45, 7) is 0.0914. The first-order valence-electron chi connectivity index (χ1n) is 3.67. The molecule has 0 fully saturated rings. The predicted octanol–water partition coefficient (Wildman–Crippen LogP) is 2.19. The van der Waals surface area contributed by atoms with Crippen LogP contribution in [0.25, 0.3) is 5.52 Å². The summed E-state index contributed by atoms with van der Waals surface area (Å²) in [6, 6.07) is 5.85. The van der Waals surface area contributed by atoms with Gasteiger partial charge in [0, 0.05) is 16.9 Å². The third kappa shape index (κ3) is 1.15. The highest BCUT2D eigenvalue weighted by Crippen LogP contribution is 2.19. The van der Waals surface area contributed by atoms with Crippen LogP contribution in [0.5, 0.6) is 0 Å². The number of fused-ring (bicyclic) bond motifs is 1. The highest BCUT2D eigenvalue weighted by atomic mass is 79.9. The maximum absolute atomic E-state index is 8.90. The lowest BCUT2D eigenvalue weighted by atomic mass is 10.2. The highest BCUT2D eigenvalue weighted by molar-refractivity contribution is 9.10. The third-order valence-electron chi connectivity index (χ3n) is 1.86. The van der Waals surface area contributed by atoms with E-state index in [1.807, 2.05) is 35.0 Å². The molecule has 0 unspecified atom stereocenters. The molecule has 62 valence electrons. The van der Waals surface area contributed by atoms with Gasteiger partial charge in [0.05, 0.1) is 12.1 Å². The molecule has 2 nitrogen and oxygen atoms in total. The standard InChI is InChI=1S/C9H8BrNO/c10-8-2-4-11-3-1-7(6-12)5-9(8)11/h1-5,12H,6H2. The van der Waals surface area contributed by atoms with Crippen LogP contribution in [0.15, 0.2) is 35.1 Å². The minimum absolute atomic E-state index is 0.0914. The fraction of sp³-hybridized carbons (Fsp3) is 0.111. The Kier molecular flexibility index (Phi) is 1.90. The molecule has 0 spiro atoms. The fourth-order valence-electron chi connectivity index (χ4n) is 1.21. The van der Waals surface area contributed by atoms with E-state index in [1.54, 1.807) is 0 Å². The van der Waals surface area contributed by atoms with Crippen molar-refractivity contribution in [2.75, 3.05) is 0 Å². The molecule has 2 aromatic rings. The van der Waals surface area contributed by atoms with Gasteiger partial charge in [-0.1, -0.05) is 0 Å². The Labute approximate surface area is 78.6 Å². The smallest absolute Gasteiger partial charge is 0.0683 e. The van der Waals surface area contributed by atoms with E-state index >= 15 is 0 Å². The van der Waals surface area contributed by atoms with E-state index in [0.29, 0.717) is 0 Å². The number of hydrogen-bond donors (Lipinski definition) is 1. The van der Waals surface area contributed by atoms with Gasteiger partial charge in [-0.3, -0.25) is 0 Å². The molecular weight excluding hydrogens is 218 g/mol. The zero-order valence-electron chi connectivity index (χ0n) is 6.37. The Bertz CT molecular complexity index is 408. The van der Waals surface area contributed by atoms with Crippen molar-refractivity contribution in [2.45, 2.75) is 6.61 Å². The summed E-state index contributed by atoms with van der Waals surface area (Å²) >= 11 is 3.43. The van der Waals surface area contributed by atoms with Gasteiger partial charge in [-0.2, -0.15) is 0 Å². The third-order valence-corrected chi connectivity index (χ3v) is 2.53. The van der Waals surface area contributed by atoms with Gasteiger partial charge < -0.3 is 9.51 Å². The van der Waals surface area contributed by atoms with Crippen LogP contribution in [-0.2, 0) is 6.61 Å². The van der Waals surface area contributed by atoms with Gasteiger partial charge >= 0.3 is 0 Å². The second kappa shape index (κ2) is 2.92. The maximum Gasteiger partial charge on any atom is 0.0683 e. The van der Waals surface area contributed by atoms with E-state index in [-0.39, 0.29) is 6.61 Å². The zero-order chi connectivity index (χ0) is 8.55. The first kappa shape index (κ1) is 7.83. The van der Waals surface area contributed by atoms with Gasteiger partial charge in [-0.25, -0.2) is 0 Å². The maximum atomic E-state index is 8.90. The summed E-state index contributed by atoms with van der Waals surface area (Å²) in [5.41, 5.74) is 2.02. The van der Waals surface area contributed by atoms with E-state index in [2.05, 4.69) is 15.9 Å². The monoisotopic (exact) mass is 225 g/mol. The molecule has 2 rings (SSSR count). The molecular formula is C9H8BrNO. The van der Waals surface area contributed by atoms with Crippen molar-refractivity contribution in [2.24, 2.45) is 0 Å². The molecule has 2 heterocycles. The van der Waals surface area contributed by atoms with Crippen molar-refractivity contribution in [3.8, 4) is 0 Å². The van der Waals surface area contributed by atoms with E-state index in [0.717, 1.165) is 15.6 Å². The Morgan fingerprint density at radius 3 is 2.83 bits per heavy atom. The van der Waals surface area contributed by atoms with E-state index in [1.165, 1.54) is 0 Å². The number of rotatable bonds is 1. The van der Waals surface area contributed by atoms with Crippen LogP contribution in [0.1, 0.15) is 5.56 Å². The highest BCUT2D eigenvalue weighted by Gasteiger charge is 1.99. The topological polar surface area (TPSA) is 24.6 Å². The summed E-state index contributed by atoms with van der Waals surface area (Å²) in [4.78, 5) is 0. The van der Waals surface area contributed by atoms with Crippen molar-refractivity contribution in [3.63, 3.8) is 0 Å². The molecule has 0 amide bonds. The van der Waals surface area contributed by atoms with E-state index < -0.39 is 0 Å². The van der Waals surface area contributed by atoms with Crippen LogP contribution in [-0.4, -0.2) is 9.51 Å². The molecule has 2 aromatic heterocycles. The Morgan fingerprint density at radius 1 is 1.33 bits per heavy atom. The van der Waals surface area contributed by atoms with Gasteiger partial charge in [-0.15, -0.1) is 0 Å². The largest absolute Gasteiger partial charge is 0.392 e. The van der Waals surface area contributed by atoms with Crippen LogP contribution in [0.4, 0.5) is 0 Å². The van der Waals surface area contributed by atoms with Gasteiger partial charge in [0.15, 0.2) is 0 Å². The number of halogens is 1. The second-order valence-corrected chi connectivity index (χ2v) is 3.50. The summed E-state index contributed by atoms with van der Waals surface area (Å²) in [5, 5.41) is 8.90. The van der Waals surface area contributed by atoms with Gasteiger partial charge in [0.1, 0.15) is 0 Å². The van der Waals surface area contributed by atoms with Gasteiger partial charge in [0.25, 0.3) is 0 Å². The predicted molar refractivity (Wildman–Crippen MR) is 51.0 cm³/mol. The van der Waals surface area contributed by atoms with Crippen LogP contribution in [0, 0.1) is 0 Å². The molecule has 3 heteroatoms. The lowest BCUT2D eigenvalue weighted by Crippen LogP contribution is -1.86. The van der Waals surface area contributed by atoms with Crippen molar-refractivity contribution >= 4 is 21.4 Å². The number of aliphatic hydroxyl groups excluding tert-OH is 1. The molecule has 0 aromatic carbocycles. The van der Waals surface area contributed by atoms with Gasteiger partial charge in [-0.05, 0) is 39.7 Å². The summed E-state index contributed by atoms with van der Waals surface area (Å²) < 4.78 is 3.06. The minimum atomic E-state index is 0.0914. The zero-order valence-corrected chi connectivity index (χ0v) is 7.95. The van der Waals surface area contributed by atoms with Crippen LogP contribution in [0.2, 0.25) is 0 Å². The molecule has 12 heavy (non-hydrogen) atoms. The van der Waals surface area contributed by atoms with Crippen LogP contribution >= 0.6 is 15.9 Å². The quantitative estimate of drug-likeness (QED) is 0.791. The summed E-state index contributed by atoms with van der Waals surface area (Å²) in [6.07, 6.45) is 3.91. The normalized spacial score (nSPS) is 10.8. The fourth-order valence-corrected chi connectivity index (χ4v) is 1.64. The van der Waals surface area contributed by atoms with Crippen LogP contribution in [0.3, 0.4) is 0 Å². The van der Waals surface area contributed by atoms with Crippen molar-refractivity contribution < 1.29 is 5.11 Å². The average Bonchev–Trinajstić information content (AvgIpc) is 2.47. The summed E-state index contributed by atoms with van der Waals surface area (Å²) in [7, 11) is 0. The lowest BCUT2D eigenvalue weighted by molar-refractivity contribution is 0.282. The first-order valence-corrected chi connectivity index (χ1v) is 4.46. The lowest BCUT2D eigenvalue weighted by Gasteiger charge is -1.98. The molecule has 0 aliphatic heterocycles. The number of pyridine rings is 1. The van der Waals surface area contributed by atoms with Crippen molar-refractivity contribution in [3.05, 3.63) is 40.6 Å².